The van der Waals surface area contributed by atoms with E-state index in [-0.39, 0.29) is 24.7 Å². The molecule has 0 atom stereocenters. The van der Waals surface area contributed by atoms with Gasteiger partial charge in [-0.05, 0) is 23.0 Å². The average Bonchev–Trinajstić information content (AvgIpc) is 2.66. The van der Waals surface area contributed by atoms with Crippen LogP contribution in [0, 0.1) is 5.82 Å². The van der Waals surface area contributed by atoms with Gasteiger partial charge in [-0.1, -0.05) is 0 Å². The summed E-state index contributed by atoms with van der Waals surface area (Å²) >= 11 is 3.16. The molecule has 1 heterocycles. The Labute approximate surface area is 99.9 Å². The van der Waals surface area contributed by atoms with E-state index in [4.69, 9.17) is 9.47 Å². The van der Waals surface area contributed by atoms with E-state index in [0.717, 1.165) is 6.07 Å². The third kappa shape index (κ3) is 1.78. The largest absolute Gasteiger partial charge is 0.453 e. The quantitative estimate of drug-likeness (QED) is 0.861. The van der Waals surface area contributed by atoms with Crippen LogP contribution in [0.4, 0.5) is 4.39 Å². The second kappa shape index (κ2) is 4.39. The number of nitrogens with one attached hydrogen (secondary N) is 1. The van der Waals surface area contributed by atoms with Crippen molar-refractivity contribution in [3.05, 3.63) is 21.9 Å². The van der Waals surface area contributed by atoms with Crippen LogP contribution in [0.25, 0.3) is 0 Å². The molecule has 0 aromatic heterocycles. The molecule has 0 fully saturated rings. The number of likely N-dealkylation sites (N-methyl/N-ethyl adjacent to an activating group) is 1. The normalized spacial score (nSPS) is 12.9. The molecule has 0 saturated carbocycles. The molecule has 0 unspecified atom stereocenters. The summed E-state index contributed by atoms with van der Waals surface area (Å²) in [6.07, 6.45) is 0. The van der Waals surface area contributed by atoms with E-state index in [1.165, 1.54) is 0 Å². The Morgan fingerprint density at radius 1 is 1.62 bits per heavy atom. The van der Waals surface area contributed by atoms with Crippen molar-refractivity contribution in [3.8, 4) is 11.5 Å². The molecule has 86 valence electrons. The number of halogens is 2. The molecule has 1 aromatic carbocycles. The van der Waals surface area contributed by atoms with Gasteiger partial charge in [0.15, 0.2) is 17.3 Å². The molecule has 1 aliphatic rings. The molecule has 2 rings (SSSR count). The monoisotopic (exact) mass is 289 g/mol. The zero-order valence-electron chi connectivity index (χ0n) is 8.47. The van der Waals surface area contributed by atoms with Crippen molar-refractivity contribution in [1.29, 1.82) is 0 Å². The van der Waals surface area contributed by atoms with Gasteiger partial charge in [-0.25, -0.2) is 4.39 Å². The summed E-state index contributed by atoms with van der Waals surface area (Å²) in [5.74, 6) is -0.271. The SMILES string of the molecule is CNCC(=O)c1c(F)cc2c(c1Br)OCO2. The molecule has 1 aliphatic heterocycles. The highest BCUT2D eigenvalue weighted by molar-refractivity contribution is 9.10. The molecule has 0 saturated heterocycles. The number of ether oxygens (including phenoxy) is 2. The maximum absolute atomic E-state index is 13.7. The summed E-state index contributed by atoms with van der Waals surface area (Å²) in [7, 11) is 1.62. The number of benzene rings is 1. The molecule has 6 heteroatoms. The van der Waals surface area contributed by atoms with Gasteiger partial charge in [-0.3, -0.25) is 4.79 Å². The Morgan fingerprint density at radius 2 is 2.38 bits per heavy atom. The third-order valence-electron chi connectivity index (χ3n) is 2.17. The van der Waals surface area contributed by atoms with E-state index < -0.39 is 5.82 Å². The first-order chi connectivity index (χ1) is 7.65. The summed E-state index contributed by atoms with van der Waals surface area (Å²) in [6.45, 7) is 0.103. The lowest BCUT2D eigenvalue weighted by Crippen LogP contribution is -2.20. The van der Waals surface area contributed by atoms with Crippen molar-refractivity contribution in [2.75, 3.05) is 20.4 Å². The van der Waals surface area contributed by atoms with Crippen molar-refractivity contribution in [1.82, 2.24) is 5.32 Å². The fraction of sp³-hybridized carbons (Fsp3) is 0.300. The lowest BCUT2D eigenvalue weighted by atomic mass is 10.1. The van der Waals surface area contributed by atoms with E-state index in [2.05, 4.69) is 21.2 Å². The summed E-state index contributed by atoms with van der Waals surface area (Å²) < 4.78 is 24.2. The van der Waals surface area contributed by atoms with Crippen LogP contribution in [0.2, 0.25) is 0 Å². The number of rotatable bonds is 3. The van der Waals surface area contributed by atoms with Gasteiger partial charge in [0, 0.05) is 6.07 Å². The molecule has 0 amide bonds. The zero-order valence-corrected chi connectivity index (χ0v) is 10.1. The van der Waals surface area contributed by atoms with Crippen LogP contribution in [0.1, 0.15) is 10.4 Å². The Morgan fingerprint density at radius 3 is 3.06 bits per heavy atom. The Kier molecular flexibility index (Phi) is 3.11. The highest BCUT2D eigenvalue weighted by atomic mass is 79.9. The van der Waals surface area contributed by atoms with Gasteiger partial charge < -0.3 is 14.8 Å². The lowest BCUT2D eigenvalue weighted by molar-refractivity contribution is 0.0988. The minimum atomic E-state index is -0.614. The summed E-state index contributed by atoms with van der Waals surface area (Å²) in [5, 5.41) is 2.68. The number of Topliss-reactive ketones (excluding diaryl/α,β-unsaturated/α-hetero) is 1. The van der Waals surface area contributed by atoms with Crippen LogP contribution < -0.4 is 14.8 Å². The predicted molar refractivity (Wildman–Crippen MR) is 58.5 cm³/mol. The predicted octanol–water partition coefficient (Wildman–Crippen LogP) is 1.72. The smallest absolute Gasteiger partial charge is 0.231 e. The highest BCUT2D eigenvalue weighted by Crippen LogP contribution is 2.42. The van der Waals surface area contributed by atoms with Gasteiger partial charge in [0.05, 0.1) is 16.6 Å². The molecule has 0 radical (unpaired) electrons. The number of carbonyl (C=O) groups is 1. The van der Waals surface area contributed by atoms with Gasteiger partial charge in [0.1, 0.15) is 5.82 Å². The van der Waals surface area contributed by atoms with Gasteiger partial charge in [-0.15, -0.1) is 0 Å². The van der Waals surface area contributed by atoms with Crippen molar-refractivity contribution < 1.29 is 18.7 Å². The Balaban J connectivity index is 2.50. The fourth-order valence-corrected chi connectivity index (χ4v) is 2.20. The average molecular weight is 290 g/mol. The van der Waals surface area contributed by atoms with Crippen molar-refractivity contribution in [2.45, 2.75) is 0 Å². The number of fused-ring (bicyclic) bond motifs is 1. The van der Waals surface area contributed by atoms with Gasteiger partial charge in [-0.2, -0.15) is 0 Å². The fourth-order valence-electron chi connectivity index (χ4n) is 1.48. The summed E-state index contributed by atoms with van der Waals surface area (Å²) in [6, 6.07) is 1.16. The maximum atomic E-state index is 13.7. The topological polar surface area (TPSA) is 47.6 Å². The number of carbonyl (C=O) groups excluding carboxylic acids is 1. The van der Waals surface area contributed by atoms with Crippen LogP contribution in [0.15, 0.2) is 10.5 Å². The minimum Gasteiger partial charge on any atom is -0.453 e. The lowest BCUT2D eigenvalue weighted by Gasteiger charge is -2.07. The number of hydrogen-bond acceptors (Lipinski definition) is 4. The molecule has 1 N–H and O–H groups in total. The summed E-state index contributed by atoms with van der Waals surface area (Å²) in [4.78, 5) is 11.7. The van der Waals surface area contributed by atoms with Crippen LogP contribution in [0.5, 0.6) is 11.5 Å². The zero-order chi connectivity index (χ0) is 11.7. The first-order valence-electron chi connectivity index (χ1n) is 4.60. The van der Waals surface area contributed by atoms with Gasteiger partial charge in [0.2, 0.25) is 6.79 Å². The van der Waals surface area contributed by atoms with Gasteiger partial charge in [0.25, 0.3) is 0 Å². The van der Waals surface area contributed by atoms with E-state index in [1.807, 2.05) is 0 Å². The highest BCUT2D eigenvalue weighted by Gasteiger charge is 2.26. The minimum absolute atomic E-state index is 0.0152. The first kappa shape index (κ1) is 11.3. The van der Waals surface area contributed by atoms with Crippen molar-refractivity contribution >= 4 is 21.7 Å². The second-order valence-corrected chi connectivity index (χ2v) is 4.03. The third-order valence-corrected chi connectivity index (χ3v) is 2.93. The molecule has 4 nitrogen and oxygen atoms in total. The van der Waals surface area contributed by atoms with E-state index in [0.29, 0.717) is 16.0 Å². The maximum Gasteiger partial charge on any atom is 0.231 e. The number of hydrogen-bond donors (Lipinski definition) is 1. The molecule has 16 heavy (non-hydrogen) atoms. The van der Waals surface area contributed by atoms with Crippen LogP contribution >= 0.6 is 15.9 Å². The van der Waals surface area contributed by atoms with E-state index in [1.54, 1.807) is 7.05 Å². The standard InChI is InChI=1S/C10H9BrFNO3/c1-13-3-6(14)8-5(12)2-7-10(9(8)11)16-4-15-7/h2,13H,3-4H2,1H3. The molecule has 0 bridgehead atoms. The Hall–Kier alpha value is -1.14. The second-order valence-electron chi connectivity index (χ2n) is 3.23. The van der Waals surface area contributed by atoms with Crippen LogP contribution in [-0.2, 0) is 0 Å². The molecule has 1 aromatic rings. The molecular formula is C10H9BrFNO3. The Bertz CT molecular complexity index is 450. The summed E-state index contributed by atoms with van der Waals surface area (Å²) in [5.41, 5.74) is -0.0152. The van der Waals surface area contributed by atoms with Crippen LogP contribution in [-0.4, -0.2) is 26.2 Å². The van der Waals surface area contributed by atoms with E-state index in [9.17, 15) is 9.18 Å². The van der Waals surface area contributed by atoms with Crippen LogP contribution in [0.3, 0.4) is 0 Å². The van der Waals surface area contributed by atoms with Gasteiger partial charge >= 0.3 is 0 Å². The van der Waals surface area contributed by atoms with Crippen molar-refractivity contribution in [3.63, 3.8) is 0 Å². The molecule has 0 aliphatic carbocycles. The molecule has 0 spiro atoms. The first-order valence-corrected chi connectivity index (χ1v) is 5.40. The molecular weight excluding hydrogens is 281 g/mol. The van der Waals surface area contributed by atoms with E-state index >= 15 is 0 Å². The number of ketones is 1. The van der Waals surface area contributed by atoms with Crippen molar-refractivity contribution in [2.24, 2.45) is 0 Å².